The fraction of sp³-hybridized carbons (Fsp3) is 0.440. The van der Waals surface area contributed by atoms with Crippen molar-refractivity contribution in [3.8, 4) is 0 Å². The smallest absolute Gasteiger partial charge is 0.129 e. The first-order valence-electron chi connectivity index (χ1n) is 10.6. The molecule has 0 heterocycles. The van der Waals surface area contributed by atoms with Gasteiger partial charge in [-0.25, -0.2) is 17.6 Å². The largest absolute Gasteiger partial charge is 0.207 e. The molecule has 29 heavy (non-hydrogen) atoms. The van der Waals surface area contributed by atoms with Gasteiger partial charge in [0.2, 0.25) is 0 Å². The Bertz CT molecular complexity index is 897. The zero-order valence-electron chi connectivity index (χ0n) is 16.6. The summed E-state index contributed by atoms with van der Waals surface area (Å²) >= 11 is 0. The number of allylic oxidation sites excluding steroid dienone is 2. The second-order valence-corrected chi connectivity index (χ2v) is 8.45. The van der Waals surface area contributed by atoms with Gasteiger partial charge in [0.05, 0.1) is 0 Å². The lowest BCUT2D eigenvalue weighted by atomic mass is 9.58. The maximum atomic E-state index is 14.3. The zero-order valence-corrected chi connectivity index (χ0v) is 16.6. The van der Waals surface area contributed by atoms with Gasteiger partial charge in [-0.15, -0.1) is 0 Å². The highest BCUT2D eigenvalue weighted by Gasteiger charge is 2.43. The second-order valence-electron chi connectivity index (χ2n) is 8.45. The Morgan fingerprint density at radius 1 is 0.897 bits per heavy atom. The average molecular weight is 402 g/mol. The summed E-state index contributed by atoms with van der Waals surface area (Å²) in [6.45, 7) is 2.11. The van der Waals surface area contributed by atoms with Crippen molar-refractivity contribution in [2.75, 3.05) is 0 Å². The molecule has 4 rings (SSSR count). The van der Waals surface area contributed by atoms with Gasteiger partial charge in [0.15, 0.2) is 0 Å². The molecule has 0 aromatic heterocycles. The fourth-order valence-electron chi connectivity index (χ4n) is 5.54. The van der Waals surface area contributed by atoms with Crippen molar-refractivity contribution >= 4 is 0 Å². The minimum atomic E-state index is -0.577. The van der Waals surface area contributed by atoms with E-state index in [0.29, 0.717) is 17.5 Å². The van der Waals surface area contributed by atoms with Gasteiger partial charge >= 0.3 is 0 Å². The molecule has 2 aromatic rings. The predicted molar refractivity (Wildman–Crippen MR) is 107 cm³/mol. The molecule has 0 unspecified atom stereocenters. The minimum absolute atomic E-state index is 0.0103. The first-order valence-corrected chi connectivity index (χ1v) is 10.6. The highest BCUT2D eigenvalue weighted by atomic mass is 19.1. The Balaban J connectivity index is 1.76. The monoisotopic (exact) mass is 402 g/mol. The van der Waals surface area contributed by atoms with Crippen LogP contribution in [-0.4, -0.2) is 0 Å². The van der Waals surface area contributed by atoms with E-state index >= 15 is 0 Å². The molecule has 0 bridgehead atoms. The van der Waals surface area contributed by atoms with E-state index in [9.17, 15) is 17.6 Å². The maximum Gasteiger partial charge on any atom is 0.129 e. The number of benzene rings is 2. The van der Waals surface area contributed by atoms with Gasteiger partial charge in [-0.05, 0) is 90.7 Å². The molecule has 154 valence electrons. The Kier molecular flexibility index (Phi) is 5.80. The Morgan fingerprint density at radius 3 is 2.34 bits per heavy atom. The molecule has 0 amide bonds. The van der Waals surface area contributed by atoms with Gasteiger partial charge in [0.25, 0.3) is 0 Å². The van der Waals surface area contributed by atoms with Crippen LogP contribution in [0.4, 0.5) is 17.6 Å². The van der Waals surface area contributed by atoms with Crippen LogP contribution in [-0.2, 0) is 6.42 Å². The van der Waals surface area contributed by atoms with E-state index in [4.69, 9.17) is 0 Å². The number of hydrogen-bond acceptors (Lipinski definition) is 0. The molecule has 2 aromatic carbocycles. The second kappa shape index (κ2) is 8.33. The van der Waals surface area contributed by atoms with E-state index in [0.717, 1.165) is 49.8 Å². The molecule has 4 atom stereocenters. The fourth-order valence-corrected chi connectivity index (χ4v) is 5.54. The van der Waals surface area contributed by atoms with Crippen molar-refractivity contribution in [2.45, 2.75) is 57.3 Å². The Labute approximate surface area is 169 Å². The zero-order chi connectivity index (χ0) is 20.5. The normalized spacial score (nSPS) is 26.4. The predicted octanol–water partition coefficient (Wildman–Crippen LogP) is 7.44. The third kappa shape index (κ3) is 3.99. The van der Waals surface area contributed by atoms with Gasteiger partial charge < -0.3 is 0 Å². The van der Waals surface area contributed by atoms with Crippen LogP contribution in [0.5, 0.6) is 0 Å². The van der Waals surface area contributed by atoms with Crippen LogP contribution >= 0.6 is 0 Å². The number of halogens is 4. The highest BCUT2D eigenvalue weighted by Crippen LogP contribution is 2.54. The molecular weight excluding hydrogens is 376 g/mol. The molecule has 0 N–H and O–H groups in total. The summed E-state index contributed by atoms with van der Waals surface area (Å²) < 4.78 is 56.4. The van der Waals surface area contributed by atoms with Gasteiger partial charge in [-0.2, -0.15) is 0 Å². The van der Waals surface area contributed by atoms with Crippen LogP contribution in [0.3, 0.4) is 0 Å². The van der Waals surface area contributed by atoms with Gasteiger partial charge in [-0.3, -0.25) is 0 Å². The summed E-state index contributed by atoms with van der Waals surface area (Å²) in [6, 6.07) is 6.17. The summed E-state index contributed by atoms with van der Waals surface area (Å²) in [6.07, 6.45) is 9.29. The topological polar surface area (TPSA) is 0 Å². The summed E-state index contributed by atoms with van der Waals surface area (Å²) in [5, 5.41) is 0. The SMILES string of the molecule is CCCC=C[C@@H]1CC[C@H]2c3cc(F)cc(F)c3CC[C@@H]2[C@H]1c1cc(F)cc(F)c1. The van der Waals surface area contributed by atoms with Crippen LogP contribution < -0.4 is 0 Å². The lowest BCUT2D eigenvalue weighted by molar-refractivity contribution is 0.193. The molecule has 2 aliphatic carbocycles. The van der Waals surface area contributed by atoms with Crippen molar-refractivity contribution in [1.29, 1.82) is 0 Å². The van der Waals surface area contributed by atoms with E-state index in [1.54, 1.807) is 0 Å². The number of rotatable bonds is 4. The minimum Gasteiger partial charge on any atom is -0.207 e. The lowest BCUT2D eigenvalue weighted by Gasteiger charge is -2.46. The van der Waals surface area contributed by atoms with E-state index in [-0.39, 0.29) is 23.7 Å². The van der Waals surface area contributed by atoms with Crippen molar-refractivity contribution < 1.29 is 17.6 Å². The van der Waals surface area contributed by atoms with Crippen molar-refractivity contribution in [3.63, 3.8) is 0 Å². The van der Waals surface area contributed by atoms with Crippen molar-refractivity contribution in [1.82, 2.24) is 0 Å². The van der Waals surface area contributed by atoms with Gasteiger partial charge in [-0.1, -0.05) is 25.5 Å². The molecule has 4 heteroatoms. The number of fused-ring (bicyclic) bond motifs is 3. The maximum absolute atomic E-state index is 14.3. The van der Waals surface area contributed by atoms with E-state index < -0.39 is 23.3 Å². The van der Waals surface area contributed by atoms with E-state index in [1.807, 2.05) is 0 Å². The Morgan fingerprint density at radius 2 is 1.62 bits per heavy atom. The first-order chi connectivity index (χ1) is 14.0. The van der Waals surface area contributed by atoms with Crippen LogP contribution in [0, 0.1) is 35.1 Å². The van der Waals surface area contributed by atoms with E-state index in [2.05, 4.69) is 19.1 Å². The van der Waals surface area contributed by atoms with Crippen molar-refractivity contribution in [3.05, 3.63) is 82.4 Å². The van der Waals surface area contributed by atoms with Crippen LogP contribution in [0.15, 0.2) is 42.5 Å². The highest BCUT2D eigenvalue weighted by molar-refractivity contribution is 5.38. The summed E-state index contributed by atoms with van der Waals surface area (Å²) in [4.78, 5) is 0. The summed E-state index contributed by atoms with van der Waals surface area (Å²) in [5.74, 6) is -1.96. The third-order valence-electron chi connectivity index (χ3n) is 6.68. The molecule has 0 saturated heterocycles. The standard InChI is InChI=1S/C25H26F4/c1-2-3-4-5-15-6-7-20-22(25(15)16-10-17(26)12-18(27)11-16)9-8-21-23(20)13-19(28)14-24(21)29/h4-5,10-15,20,22,25H,2-3,6-9H2,1H3/t15-,20-,22+,25-/m1/s1. The Hall–Kier alpha value is -2.10. The third-order valence-corrected chi connectivity index (χ3v) is 6.68. The molecule has 1 saturated carbocycles. The van der Waals surface area contributed by atoms with Crippen molar-refractivity contribution in [2.24, 2.45) is 11.8 Å². The van der Waals surface area contributed by atoms with Gasteiger partial charge in [0.1, 0.15) is 23.3 Å². The van der Waals surface area contributed by atoms with Crippen LogP contribution in [0.25, 0.3) is 0 Å². The van der Waals surface area contributed by atoms with E-state index in [1.165, 1.54) is 18.2 Å². The molecule has 2 aliphatic rings. The van der Waals surface area contributed by atoms with Crippen LogP contribution in [0.1, 0.15) is 67.6 Å². The summed E-state index contributed by atoms with van der Waals surface area (Å²) in [5.41, 5.74) is 2.01. The number of unbranched alkanes of at least 4 members (excludes halogenated alkanes) is 1. The number of hydrogen-bond donors (Lipinski definition) is 0. The molecule has 0 aliphatic heterocycles. The molecular formula is C25H26F4. The van der Waals surface area contributed by atoms with Crippen LogP contribution in [0.2, 0.25) is 0 Å². The average Bonchev–Trinajstić information content (AvgIpc) is 2.66. The first kappa shape index (κ1) is 20.2. The molecule has 0 radical (unpaired) electrons. The quantitative estimate of drug-likeness (QED) is 0.368. The molecule has 1 fully saturated rings. The lowest BCUT2D eigenvalue weighted by Crippen LogP contribution is -2.35. The van der Waals surface area contributed by atoms with Gasteiger partial charge in [0, 0.05) is 12.1 Å². The molecule has 0 spiro atoms. The summed E-state index contributed by atoms with van der Waals surface area (Å²) in [7, 11) is 0. The molecule has 0 nitrogen and oxygen atoms in total.